The maximum Gasteiger partial charge on any atom is 0.254 e. The van der Waals surface area contributed by atoms with E-state index in [4.69, 9.17) is 0 Å². The van der Waals surface area contributed by atoms with Crippen molar-refractivity contribution < 1.29 is 9.59 Å². The lowest BCUT2D eigenvalue weighted by Gasteiger charge is -2.13. The molecule has 3 N–H and O–H groups in total. The van der Waals surface area contributed by atoms with Gasteiger partial charge in [0, 0.05) is 30.0 Å². The molecule has 156 valence electrons. The zero-order valence-electron chi connectivity index (χ0n) is 17.5. The number of hydrogen-bond acceptors (Lipinski definition) is 5. The van der Waals surface area contributed by atoms with Gasteiger partial charge in [-0.15, -0.1) is 0 Å². The minimum absolute atomic E-state index is 0.0859. The second-order valence-electron chi connectivity index (χ2n) is 7.75. The fourth-order valence-electron chi connectivity index (χ4n) is 3.41. The molecule has 0 radical (unpaired) electrons. The molecule has 8 heteroatoms. The van der Waals surface area contributed by atoms with Crippen LogP contribution in [0, 0.1) is 13.8 Å². The standard InChI is InChI=1S/C22H26N6O2/c1-4-9-23-21(29)15-5-8-17(13(2)10-15)27-20-19-18(22(30)26-16-6-7-16)14(3)11-28(19)25-12-24-20/h5,8,10-12,16H,4,6-7,9H2,1-3H3,(H,23,29)(H,26,30)(H,24,25,27). The van der Waals surface area contributed by atoms with Crippen molar-refractivity contribution in [1.82, 2.24) is 25.2 Å². The van der Waals surface area contributed by atoms with E-state index in [2.05, 4.69) is 26.0 Å². The number of hydrogen-bond donors (Lipinski definition) is 3. The summed E-state index contributed by atoms with van der Waals surface area (Å²) in [4.78, 5) is 29.4. The van der Waals surface area contributed by atoms with Gasteiger partial charge in [0.25, 0.3) is 11.8 Å². The van der Waals surface area contributed by atoms with Crippen LogP contribution in [-0.2, 0) is 0 Å². The number of rotatable bonds is 7. The third-order valence-electron chi connectivity index (χ3n) is 5.18. The predicted octanol–water partition coefficient (Wildman–Crippen LogP) is 3.12. The lowest BCUT2D eigenvalue weighted by molar-refractivity contribution is 0.0944. The van der Waals surface area contributed by atoms with Crippen LogP contribution in [0.15, 0.2) is 30.7 Å². The maximum absolute atomic E-state index is 12.8. The number of carbonyl (C=O) groups is 2. The van der Waals surface area contributed by atoms with Crippen LogP contribution in [0.5, 0.6) is 0 Å². The van der Waals surface area contributed by atoms with E-state index in [0.717, 1.165) is 36.1 Å². The first-order valence-electron chi connectivity index (χ1n) is 10.3. The van der Waals surface area contributed by atoms with Crippen LogP contribution in [0.3, 0.4) is 0 Å². The first-order chi connectivity index (χ1) is 14.5. The summed E-state index contributed by atoms with van der Waals surface area (Å²) in [6, 6.07) is 5.74. The molecule has 3 aromatic rings. The smallest absolute Gasteiger partial charge is 0.254 e. The number of amides is 2. The molecule has 1 aliphatic rings. The van der Waals surface area contributed by atoms with Crippen LogP contribution in [0.2, 0.25) is 0 Å². The Bertz CT molecular complexity index is 1120. The van der Waals surface area contributed by atoms with Crippen molar-refractivity contribution in [2.45, 2.75) is 46.1 Å². The highest BCUT2D eigenvalue weighted by atomic mass is 16.2. The summed E-state index contributed by atoms with van der Waals surface area (Å²) in [5.41, 5.74) is 4.40. The van der Waals surface area contributed by atoms with Gasteiger partial charge in [0.05, 0.1) is 5.56 Å². The van der Waals surface area contributed by atoms with Crippen LogP contribution in [-0.4, -0.2) is 39.0 Å². The molecule has 0 aliphatic heterocycles. The second kappa shape index (κ2) is 8.14. The third kappa shape index (κ3) is 3.98. The number of nitrogens with one attached hydrogen (secondary N) is 3. The molecule has 4 rings (SSSR count). The van der Waals surface area contributed by atoms with Crippen molar-refractivity contribution in [3.8, 4) is 0 Å². The van der Waals surface area contributed by atoms with E-state index in [9.17, 15) is 9.59 Å². The Kier molecular flexibility index (Phi) is 5.39. The largest absolute Gasteiger partial charge is 0.352 e. The summed E-state index contributed by atoms with van der Waals surface area (Å²) in [6.07, 6.45) is 6.23. The highest BCUT2D eigenvalue weighted by Crippen LogP contribution is 2.28. The number of fused-ring (bicyclic) bond motifs is 1. The summed E-state index contributed by atoms with van der Waals surface area (Å²) in [5.74, 6) is 0.359. The first-order valence-corrected chi connectivity index (χ1v) is 10.3. The molecule has 1 aromatic carbocycles. The summed E-state index contributed by atoms with van der Waals surface area (Å²) in [7, 11) is 0. The molecule has 1 fully saturated rings. The molecule has 0 spiro atoms. The normalized spacial score (nSPS) is 13.3. The molecule has 0 unspecified atom stereocenters. The van der Waals surface area contributed by atoms with Gasteiger partial charge >= 0.3 is 0 Å². The summed E-state index contributed by atoms with van der Waals surface area (Å²) < 4.78 is 1.67. The Labute approximate surface area is 175 Å². The second-order valence-corrected chi connectivity index (χ2v) is 7.75. The highest BCUT2D eigenvalue weighted by Gasteiger charge is 2.27. The number of aryl methyl sites for hydroxylation is 2. The molecule has 2 heterocycles. The summed E-state index contributed by atoms with van der Waals surface area (Å²) in [6.45, 7) is 6.50. The average molecular weight is 406 g/mol. The molecule has 1 aliphatic carbocycles. The molecule has 30 heavy (non-hydrogen) atoms. The van der Waals surface area contributed by atoms with Crippen LogP contribution in [0.25, 0.3) is 5.52 Å². The molecule has 1 saturated carbocycles. The third-order valence-corrected chi connectivity index (χ3v) is 5.18. The van der Waals surface area contributed by atoms with E-state index < -0.39 is 0 Å². The van der Waals surface area contributed by atoms with E-state index in [1.165, 1.54) is 6.33 Å². The Balaban J connectivity index is 1.65. The number of carbonyl (C=O) groups excluding carboxylic acids is 2. The van der Waals surface area contributed by atoms with Crippen molar-refractivity contribution >= 4 is 28.8 Å². The fourth-order valence-corrected chi connectivity index (χ4v) is 3.41. The Morgan fingerprint density at radius 2 is 1.97 bits per heavy atom. The van der Waals surface area contributed by atoms with Gasteiger partial charge < -0.3 is 16.0 Å². The van der Waals surface area contributed by atoms with E-state index in [1.54, 1.807) is 10.6 Å². The molecule has 2 amide bonds. The van der Waals surface area contributed by atoms with Gasteiger partial charge in [-0.2, -0.15) is 5.10 Å². The maximum atomic E-state index is 12.8. The Hall–Kier alpha value is -3.42. The summed E-state index contributed by atoms with van der Waals surface area (Å²) in [5, 5.41) is 13.5. The van der Waals surface area contributed by atoms with Crippen LogP contribution >= 0.6 is 0 Å². The Morgan fingerprint density at radius 1 is 1.17 bits per heavy atom. The van der Waals surface area contributed by atoms with Gasteiger partial charge in [0.1, 0.15) is 11.8 Å². The van der Waals surface area contributed by atoms with Crippen molar-refractivity contribution in [1.29, 1.82) is 0 Å². The molecule has 0 atom stereocenters. The lowest BCUT2D eigenvalue weighted by atomic mass is 10.1. The van der Waals surface area contributed by atoms with E-state index in [-0.39, 0.29) is 17.9 Å². The number of benzene rings is 1. The van der Waals surface area contributed by atoms with Crippen LogP contribution < -0.4 is 16.0 Å². The topological polar surface area (TPSA) is 100 Å². The van der Waals surface area contributed by atoms with Gasteiger partial charge in [-0.25, -0.2) is 9.50 Å². The van der Waals surface area contributed by atoms with Gasteiger partial charge in [-0.3, -0.25) is 9.59 Å². The number of anilines is 2. The average Bonchev–Trinajstić information content (AvgIpc) is 3.46. The zero-order valence-corrected chi connectivity index (χ0v) is 17.5. The summed E-state index contributed by atoms with van der Waals surface area (Å²) >= 11 is 0. The van der Waals surface area contributed by atoms with Crippen LogP contribution in [0.4, 0.5) is 11.5 Å². The van der Waals surface area contributed by atoms with E-state index >= 15 is 0 Å². The SMILES string of the molecule is CCCNC(=O)c1ccc(Nc2ncnn3cc(C)c(C(=O)NC4CC4)c23)c(C)c1. The quantitative estimate of drug-likeness (QED) is 0.560. The van der Waals surface area contributed by atoms with Gasteiger partial charge in [0.2, 0.25) is 0 Å². The fraction of sp³-hybridized carbons (Fsp3) is 0.364. The zero-order chi connectivity index (χ0) is 21.3. The first kappa shape index (κ1) is 19.9. The molecule has 2 aromatic heterocycles. The molecular formula is C22H26N6O2. The van der Waals surface area contributed by atoms with Gasteiger partial charge in [0.15, 0.2) is 5.82 Å². The Morgan fingerprint density at radius 3 is 2.67 bits per heavy atom. The predicted molar refractivity (Wildman–Crippen MR) is 115 cm³/mol. The lowest BCUT2D eigenvalue weighted by Crippen LogP contribution is -2.26. The van der Waals surface area contributed by atoms with Crippen molar-refractivity contribution in [3.63, 3.8) is 0 Å². The van der Waals surface area contributed by atoms with Gasteiger partial charge in [-0.05, 0) is 62.4 Å². The van der Waals surface area contributed by atoms with Crippen molar-refractivity contribution in [2.24, 2.45) is 0 Å². The highest BCUT2D eigenvalue weighted by molar-refractivity contribution is 6.05. The monoisotopic (exact) mass is 406 g/mol. The van der Waals surface area contributed by atoms with Crippen LogP contribution in [0.1, 0.15) is 58.0 Å². The number of nitrogens with zero attached hydrogens (tertiary/aromatic N) is 3. The minimum Gasteiger partial charge on any atom is -0.352 e. The van der Waals surface area contributed by atoms with E-state index in [1.807, 2.05) is 39.1 Å². The van der Waals surface area contributed by atoms with E-state index in [0.29, 0.717) is 29.0 Å². The number of aromatic nitrogens is 3. The minimum atomic E-state index is -0.102. The van der Waals surface area contributed by atoms with Gasteiger partial charge in [-0.1, -0.05) is 6.92 Å². The van der Waals surface area contributed by atoms with Crippen molar-refractivity contribution in [3.05, 3.63) is 53.0 Å². The molecular weight excluding hydrogens is 380 g/mol. The van der Waals surface area contributed by atoms with Crippen molar-refractivity contribution in [2.75, 3.05) is 11.9 Å². The molecule has 0 saturated heterocycles. The molecule has 8 nitrogen and oxygen atoms in total. The molecule has 0 bridgehead atoms.